The number of ether oxygens (including phenoxy) is 6. The third-order valence-corrected chi connectivity index (χ3v) is 19.1. The van der Waals surface area contributed by atoms with Crippen molar-refractivity contribution in [3.63, 3.8) is 0 Å². The van der Waals surface area contributed by atoms with Gasteiger partial charge in [0.15, 0.2) is 0 Å². The normalized spacial score (nSPS) is 23.3. The first kappa shape index (κ1) is 78.6. The van der Waals surface area contributed by atoms with Crippen molar-refractivity contribution >= 4 is 71.1 Å². The third-order valence-electron chi connectivity index (χ3n) is 19.1. The third kappa shape index (κ3) is 18.7. The van der Waals surface area contributed by atoms with Crippen molar-refractivity contribution in [3.8, 4) is 0 Å². The second kappa shape index (κ2) is 34.2. The minimum Gasteiger partial charge on any atom is -0.472 e. The topological polar surface area (TPSA) is 299 Å². The molecule has 0 radical (unpaired) electrons. The van der Waals surface area contributed by atoms with Gasteiger partial charge < -0.3 is 37.3 Å². The number of nitrogens with zero attached hydrogens (tertiary/aromatic N) is 4. The number of rotatable bonds is 24. The molecule has 528 valence electrons. The lowest BCUT2D eigenvalue weighted by Crippen LogP contribution is -2.41. The summed E-state index contributed by atoms with van der Waals surface area (Å²) < 4.78 is 42.1. The van der Waals surface area contributed by atoms with E-state index < -0.39 is 50.9 Å². The van der Waals surface area contributed by atoms with E-state index in [1.54, 1.807) is 46.5 Å². The van der Waals surface area contributed by atoms with Crippen LogP contribution in [0, 0.1) is 45.3 Å². The van der Waals surface area contributed by atoms with Gasteiger partial charge in [-0.1, -0.05) is 73.6 Å². The molecule has 96 heavy (non-hydrogen) atoms. The summed E-state index contributed by atoms with van der Waals surface area (Å²) in [5.74, 6) is -4.09. The van der Waals surface area contributed by atoms with Crippen molar-refractivity contribution < 1.29 is 94.8 Å². The van der Waals surface area contributed by atoms with E-state index in [4.69, 9.17) is 37.3 Å². The largest absolute Gasteiger partial charge is 0.472 e. The van der Waals surface area contributed by atoms with E-state index in [0.29, 0.717) is 32.1 Å². The Labute approximate surface area is 563 Å². The lowest BCUT2D eigenvalue weighted by molar-refractivity contribution is -0.157. The summed E-state index contributed by atoms with van der Waals surface area (Å²) in [6.07, 6.45) is 21.2. The second-order valence-corrected chi connectivity index (χ2v) is 26.8. The molecule has 0 aromatic carbocycles. The smallest absolute Gasteiger partial charge is 0.311 e. The molecule has 24 nitrogen and oxygen atoms in total. The van der Waals surface area contributed by atoms with Crippen LogP contribution >= 0.6 is 0 Å². The van der Waals surface area contributed by atoms with Crippen LogP contribution in [0.1, 0.15) is 161 Å². The van der Waals surface area contributed by atoms with Crippen LogP contribution in [0.2, 0.25) is 0 Å². The molecule has 8 aliphatic rings. The Bertz CT molecular complexity index is 3090. The number of amides is 8. The molecule has 2 aromatic rings. The molecular formula is C72H100N4O20. The Morgan fingerprint density at radius 3 is 1.25 bits per heavy atom. The molecule has 10 heterocycles. The molecule has 4 saturated heterocycles. The SMILES string of the molecule is CCC(C)(C)C(=O)OCCN1C(=O)C2C3C=CC(CC)(O3)C2C1=O.CCC(C)(C)C(=O)OCCN1C(=O)C=CC1=O.CCC(C)(C)C(=O)OCCN1C(=O)C=CC1=O.CCC1=CC2OC1C1C(=O)N(CCOC(=O)C(C)(C)CC)C(=O)C21.CCc1ccco1.CCc1ccoc1. The van der Waals surface area contributed by atoms with Gasteiger partial charge in [-0.3, -0.25) is 77.1 Å². The van der Waals surface area contributed by atoms with Crippen molar-refractivity contribution in [1.29, 1.82) is 0 Å². The van der Waals surface area contributed by atoms with Gasteiger partial charge >= 0.3 is 23.9 Å². The Kier molecular flexibility index (Phi) is 28.0. The Balaban J connectivity index is 0.000000218. The summed E-state index contributed by atoms with van der Waals surface area (Å²) in [5, 5.41) is 0. The number of carbonyl (C=O) groups excluding carboxylic acids is 12. The molecule has 0 aliphatic carbocycles. The highest BCUT2D eigenvalue weighted by Gasteiger charge is 2.67. The lowest BCUT2D eigenvalue weighted by atomic mass is 9.76. The van der Waals surface area contributed by atoms with E-state index in [-0.39, 0.29) is 142 Å². The average Bonchev–Trinajstić information content (AvgIpc) is 1.56. The average molecular weight is 1340 g/mol. The van der Waals surface area contributed by atoms with Crippen LogP contribution in [0.3, 0.4) is 0 Å². The van der Waals surface area contributed by atoms with Crippen molar-refractivity contribution in [2.45, 2.75) is 186 Å². The first-order valence-electron chi connectivity index (χ1n) is 33.4. The molecule has 24 heteroatoms. The Morgan fingerprint density at radius 1 is 0.490 bits per heavy atom. The molecule has 8 unspecified atom stereocenters. The number of esters is 4. The molecule has 0 spiro atoms. The number of imide groups is 4. The van der Waals surface area contributed by atoms with Gasteiger partial charge in [-0.25, -0.2) is 0 Å². The van der Waals surface area contributed by atoms with E-state index in [1.807, 2.05) is 106 Å². The van der Waals surface area contributed by atoms with Gasteiger partial charge in [-0.2, -0.15) is 0 Å². The number of furan rings is 2. The summed E-state index contributed by atoms with van der Waals surface area (Å²) in [7, 11) is 0. The highest BCUT2D eigenvalue weighted by atomic mass is 16.6. The van der Waals surface area contributed by atoms with Crippen molar-refractivity contribution in [3.05, 3.63) is 96.4 Å². The predicted octanol–water partition coefficient (Wildman–Crippen LogP) is 8.83. The number of hydrogen-bond donors (Lipinski definition) is 0. The predicted molar refractivity (Wildman–Crippen MR) is 349 cm³/mol. The van der Waals surface area contributed by atoms with Crippen LogP contribution in [0.15, 0.2) is 93.9 Å². The van der Waals surface area contributed by atoms with E-state index in [0.717, 1.165) is 40.4 Å². The van der Waals surface area contributed by atoms with Crippen LogP contribution in [0.4, 0.5) is 0 Å². The van der Waals surface area contributed by atoms with Gasteiger partial charge in [0.2, 0.25) is 23.6 Å². The highest BCUT2D eigenvalue weighted by molar-refractivity contribution is 6.13. The molecule has 4 bridgehead atoms. The first-order chi connectivity index (χ1) is 45.2. The first-order valence-corrected chi connectivity index (χ1v) is 33.4. The molecule has 8 amide bonds. The molecule has 0 N–H and O–H groups in total. The number of aryl methyl sites for hydroxylation is 2. The lowest BCUT2D eigenvalue weighted by Gasteiger charge is -2.27. The van der Waals surface area contributed by atoms with Gasteiger partial charge in [-0.05, 0) is 130 Å². The number of fused-ring (bicyclic) bond motifs is 10. The van der Waals surface area contributed by atoms with Gasteiger partial charge in [0.25, 0.3) is 23.6 Å². The number of carbonyl (C=O) groups is 12. The van der Waals surface area contributed by atoms with Gasteiger partial charge in [0.1, 0.15) is 32.2 Å². The molecule has 8 aliphatic heterocycles. The maximum absolute atomic E-state index is 12.7. The summed E-state index contributed by atoms with van der Waals surface area (Å²) in [5.41, 5.74) is -0.437. The monoisotopic (exact) mass is 1340 g/mol. The van der Waals surface area contributed by atoms with Crippen molar-refractivity contribution in [2.24, 2.45) is 45.3 Å². The van der Waals surface area contributed by atoms with E-state index in [2.05, 4.69) is 13.8 Å². The zero-order valence-electron chi connectivity index (χ0n) is 58.8. The molecule has 10 rings (SSSR count). The highest BCUT2D eigenvalue weighted by Crippen LogP contribution is 2.53. The fourth-order valence-corrected chi connectivity index (χ4v) is 10.9. The second-order valence-electron chi connectivity index (χ2n) is 26.8. The fourth-order valence-electron chi connectivity index (χ4n) is 10.9. The Morgan fingerprint density at radius 2 is 0.906 bits per heavy atom. The van der Waals surface area contributed by atoms with Crippen molar-refractivity contribution in [2.75, 3.05) is 52.6 Å². The molecule has 8 atom stereocenters. The Hall–Kier alpha value is -8.12. The van der Waals surface area contributed by atoms with Crippen molar-refractivity contribution in [1.82, 2.24) is 19.6 Å². The van der Waals surface area contributed by atoms with Crippen LogP contribution in [-0.4, -0.2) is 167 Å². The van der Waals surface area contributed by atoms with E-state index in [9.17, 15) is 57.5 Å². The number of hydrogen-bond acceptors (Lipinski definition) is 20. The molecule has 2 aromatic heterocycles. The van der Waals surface area contributed by atoms with Gasteiger partial charge in [0.05, 0.1) is 114 Å². The molecule has 4 fully saturated rings. The molecular weight excluding hydrogens is 1240 g/mol. The summed E-state index contributed by atoms with van der Waals surface area (Å²) in [6.45, 7) is 30.9. The maximum Gasteiger partial charge on any atom is 0.311 e. The standard InChI is InChI=1S/2C18H25NO5.2C12H17NO4.2C6H8O/c1-5-17(3,4)16(22)23-10-9-19-14(20)12-11-7-8-18(6-2,24-11)13(12)15(19)21;1-5-10-9-11-12-13(14(10)24-11)16(21)19(15(12)20)7-8-23-17(22)18(3,4)6-2;2*1-4-12(2,3)11(16)17-8-7-13-9(14)5-6-10(13)15;1-2-6-3-4-7-5-6;1-2-6-4-3-5-7-6/h7-8,11-13H,5-6,9-10H2,1-4H3;9,11-14H,5-8H2,1-4H3;2*5-6H,4,7-8H2,1-3H3;2*3-5H,2H2,1H3. The van der Waals surface area contributed by atoms with Gasteiger partial charge in [0, 0.05) is 30.7 Å². The maximum atomic E-state index is 12.7. The van der Waals surface area contributed by atoms with Gasteiger partial charge in [-0.15, -0.1) is 0 Å². The minimum absolute atomic E-state index is 0.0389. The van der Waals surface area contributed by atoms with Crippen LogP contribution in [0.5, 0.6) is 0 Å². The quantitative estimate of drug-likeness (QED) is 0.0410. The zero-order chi connectivity index (χ0) is 71.7. The van der Waals surface area contributed by atoms with E-state index >= 15 is 0 Å². The van der Waals surface area contributed by atoms with Crippen LogP contribution in [0.25, 0.3) is 0 Å². The molecule has 0 saturated carbocycles. The van der Waals surface area contributed by atoms with Crippen LogP contribution in [-0.2, 0) is 98.8 Å². The fraction of sp³-hybridized carbons (Fsp3) is 0.611. The summed E-state index contributed by atoms with van der Waals surface area (Å²) >= 11 is 0. The minimum atomic E-state index is -0.641. The summed E-state index contributed by atoms with van der Waals surface area (Å²) in [4.78, 5) is 147. The number of likely N-dealkylation sites (tertiary alicyclic amines) is 2. The summed E-state index contributed by atoms with van der Waals surface area (Å²) in [6, 6.07) is 5.85. The zero-order valence-corrected chi connectivity index (χ0v) is 58.8. The van der Waals surface area contributed by atoms with Crippen LogP contribution < -0.4 is 0 Å². The van der Waals surface area contributed by atoms with E-state index in [1.165, 1.54) is 39.7 Å².